The van der Waals surface area contributed by atoms with E-state index in [4.69, 9.17) is 11.6 Å². The fraction of sp³-hybridized carbons (Fsp3) is 0. The first-order chi connectivity index (χ1) is 2.89. The van der Waals surface area contributed by atoms with Crippen LogP contribution in [-0.2, 0) is 0 Å². The molecular weight excluding hydrogens is 124 g/mol. The van der Waals surface area contributed by atoms with Crippen molar-refractivity contribution in [2.45, 2.75) is 0 Å². The molecule has 0 aliphatic rings. The van der Waals surface area contributed by atoms with Gasteiger partial charge in [-0.25, -0.2) is 4.98 Å². The van der Waals surface area contributed by atoms with Crippen molar-refractivity contribution in [3.63, 3.8) is 0 Å². The van der Waals surface area contributed by atoms with Gasteiger partial charge in [-0.1, -0.05) is 0 Å². The van der Waals surface area contributed by atoms with Crippen LogP contribution in [0.1, 0.15) is 0 Å². The van der Waals surface area contributed by atoms with Crippen LogP contribution >= 0.6 is 11.6 Å². The summed E-state index contributed by atoms with van der Waals surface area (Å²) in [6.07, 6.45) is 1.42. The number of halogens is 1. The number of nitrogens with zero attached hydrogens (tertiary/aromatic N) is 2. The number of aromatic nitrogens is 3. The van der Waals surface area contributed by atoms with E-state index in [2.05, 4.69) is 15.2 Å². The van der Waals surface area contributed by atoms with Gasteiger partial charge in [-0.2, -0.15) is 0 Å². The standard InChI is InChI=1S/C2H2ClN3.Na.H/c3-2-4-1-5-6-2;;/h1H,(H,4,5,6);;. The minimum atomic E-state index is 0. The van der Waals surface area contributed by atoms with E-state index in [1.807, 2.05) is 0 Å². The molecule has 5 heteroatoms. The second kappa shape index (κ2) is 3.43. The molecule has 1 heterocycles. The molecule has 1 aromatic heterocycles. The van der Waals surface area contributed by atoms with Gasteiger partial charge in [0.15, 0.2) is 0 Å². The van der Waals surface area contributed by atoms with Crippen molar-refractivity contribution in [2.24, 2.45) is 0 Å². The van der Waals surface area contributed by atoms with E-state index in [1.165, 1.54) is 6.33 Å². The Morgan fingerprint density at radius 2 is 2.43 bits per heavy atom. The van der Waals surface area contributed by atoms with Gasteiger partial charge in [0, 0.05) is 0 Å². The van der Waals surface area contributed by atoms with Crippen LogP contribution in [0.4, 0.5) is 0 Å². The minimum absolute atomic E-state index is 0. The Labute approximate surface area is 67.8 Å². The van der Waals surface area contributed by atoms with Crippen LogP contribution in [0.3, 0.4) is 0 Å². The molecule has 0 aliphatic carbocycles. The van der Waals surface area contributed by atoms with Crippen LogP contribution < -0.4 is 0 Å². The van der Waals surface area contributed by atoms with Gasteiger partial charge >= 0.3 is 29.6 Å². The van der Waals surface area contributed by atoms with Crippen molar-refractivity contribution in [3.05, 3.63) is 11.6 Å². The first-order valence-electron chi connectivity index (χ1n) is 1.41. The van der Waals surface area contributed by atoms with Gasteiger partial charge in [-0.15, -0.1) is 5.10 Å². The molecule has 34 valence electrons. The van der Waals surface area contributed by atoms with Gasteiger partial charge in [-0.05, 0) is 11.6 Å². The van der Waals surface area contributed by atoms with Crippen molar-refractivity contribution in [1.82, 2.24) is 15.2 Å². The topological polar surface area (TPSA) is 41.6 Å². The zero-order chi connectivity index (χ0) is 4.41. The van der Waals surface area contributed by atoms with E-state index in [9.17, 15) is 0 Å². The van der Waals surface area contributed by atoms with Crippen LogP contribution in [0.15, 0.2) is 6.33 Å². The van der Waals surface area contributed by atoms with Crippen molar-refractivity contribution in [3.8, 4) is 0 Å². The summed E-state index contributed by atoms with van der Waals surface area (Å²) in [7, 11) is 0. The Kier molecular flexibility index (Phi) is 3.65. The molecule has 3 nitrogen and oxygen atoms in total. The molecule has 0 atom stereocenters. The van der Waals surface area contributed by atoms with Crippen LogP contribution in [0.2, 0.25) is 5.28 Å². The Bertz CT molecular complexity index is 116. The molecule has 7 heavy (non-hydrogen) atoms. The Balaban J connectivity index is 0.000000360. The maximum atomic E-state index is 5.20. The molecule has 0 unspecified atom stereocenters. The zero-order valence-electron chi connectivity index (χ0n) is 2.85. The average Bonchev–Trinajstić information content (AvgIpc) is 1.86. The van der Waals surface area contributed by atoms with Crippen LogP contribution in [0, 0.1) is 0 Å². The third kappa shape index (κ3) is 2.29. The summed E-state index contributed by atoms with van der Waals surface area (Å²) >= 11 is 5.20. The second-order valence-electron chi connectivity index (χ2n) is 0.768. The number of hydrogen-bond donors (Lipinski definition) is 1. The SMILES string of the molecule is Clc1nc[nH]n1.[NaH]. The Morgan fingerprint density at radius 1 is 1.71 bits per heavy atom. The fourth-order valence-electron chi connectivity index (χ4n) is 0.193. The van der Waals surface area contributed by atoms with Crippen LogP contribution in [0.25, 0.3) is 0 Å². The van der Waals surface area contributed by atoms with Gasteiger partial charge in [-0.3, -0.25) is 5.10 Å². The molecule has 0 spiro atoms. The second-order valence-corrected chi connectivity index (χ2v) is 1.11. The number of H-pyrrole nitrogens is 1. The van der Waals surface area contributed by atoms with Crippen LogP contribution in [-0.4, -0.2) is 44.7 Å². The number of rotatable bonds is 0. The van der Waals surface area contributed by atoms with E-state index < -0.39 is 0 Å². The zero-order valence-corrected chi connectivity index (χ0v) is 3.61. The molecule has 0 saturated heterocycles. The molecule has 1 N–H and O–H groups in total. The third-order valence-corrected chi connectivity index (χ3v) is 0.568. The third-order valence-electron chi connectivity index (χ3n) is 0.386. The summed E-state index contributed by atoms with van der Waals surface area (Å²) in [5, 5.41) is 6.14. The molecule has 0 aliphatic heterocycles. The summed E-state index contributed by atoms with van der Waals surface area (Å²) in [6.45, 7) is 0. The molecule has 0 amide bonds. The first kappa shape index (κ1) is 7.43. The van der Waals surface area contributed by atoms with E-state index in [0.29, 0.717) is 0 Å². The van der Waals surface area contributed by atoms with Gasteiger partial charge in [0.25, 0.3) is 0 Å². The van der Waals surface area contributed by atoms with E-state index >= 15 is 0 Å². The van der Waals surface area contributed by atoms with Crippen molar-refractivity contribution >= 4 is 41.2 Å². The molecule has 0 saturated carbocycles. The number of hydrogen-bond acceptors (Lipinski definition) is 2. The predicted octanol–water partition coefficient (Wildman–Crippen LogP) is -0.190. The molecule has 1 aromatic rings. The molecule has 0 radical (unpaired) electrons. The number of aromatic amines is 1. The van der Waals surface area contributed by atoms with E-state index in [0.717, 1.165) is 0 Å². The molecule has 0 fully saturated rings. The van der Waals surface area contributed by atoms with Gasteiger partial charge < -0.3 is 0 Å². The van der Waals surface area contributed by atoms with Crippen molar-refractivity contribution < 1.29 is 0 Å². The predicted molar refractivity (Wildman–Crippen MR) is 28.5 cm³/mol. The summed E-state index contributed by atoms with van der Waals surface area (Å²) in [4.78, 5) is 3.52. The first-order valence-corrected chi connectivity index (χ1v) is 1.78. The molecular formula is C2H3ClN3Na. The Morgan fingerprint density at radius 3 is 2.57 bits per heavy atom. The maximum absolute atomic E-state index is 5.20. The van der Waals surface area contributed by atoms with E-state index in [1.54, 1.807) is 0 Å². The summed E-state index contributed by atoms with van der Waals surface area (Å²) in [5.74, 6) is 0. The van der Waals surface area contributed by atoms with Crippen molar-refractivity contribution in [1.29, 1.82) is 0 Å². The normalized spacial score (nSPS) is 7.57. The summed E-state index contributed by atoms with van der Waals surface area (Å²) in [6, 6.07) is 0. The molecule has 0 bridgehead atoms. The van der Waals surface area contributed by atoms with Crippen molar-refractivity contribution in [2.75, 3.05) is 0 Å². The number of nitrogens with one attached hydrogen (secondary N) is 1. The van der Waals surface area contributed by atoms with Crippen LogP contribution in [0.5, 0.6) is 0 Å². The quantitative estimate of drug-likeness (QED) is 0.491. The monoisotopic (exact) mass is 127 g/mol. The summed E-state index contributed by atoms with van der Waals surface area (Å²) < 4.78 is 0. The summed E-state index contributed by atoms with van der Waals surface area (Å²) in [5.41, 5.74) is 0. The molecule has 0 aromatic carbocycles. The average molecular weight is 128 g/mol. The fourth-order valence-corrected chi connectivity index (χ4v) is 0.291. The molecule has 1 rings (SSSR count). The van der Waals surface area contributed by atoms with Gasteiger partial charge in [0.1, 0.15) is 6.33 Å². The Hall–Kier alpha value is 0.430. The van der Waals surface area contributed by atoms with E-state index in [-0.39, 0.29) is 34.8 Å². The van der Waals surface area contributed by atoms with Gasteiger partial charge in [0.05, 0.1) is 0 Å². The van der Waals surface area contributed by atoms with Gasteiger partial charge in [0.2, 0.25) is 5.28 Å².